The van der Waals surface area contributed by atoms with E-state index in [-0.39, 0.29) is 23.6 Å². The molecule has 2 aliphatic heterocycles. The lowest BCUT2D eigenvalue weighted by Crippen LogP contribution is -2.54. The Balaban J connectivity index is 1.61. The minimum Gasteiger partial charge on any atom is -0.459 e. The standard InChI is InChI=1S/C14H12N2O5S/c1-8-13(15-11(17)6-12(15)22-8)14(18)21-7-9-2-4-10(5-3-9)16(19)20/h2-5,12-13H,1,6-7H2/t12-,13-/m1/s1. The van der Waals surface area contributed by atoms with Gasteiger partial charge in [-0.15, -0.1) is 11.8 Å². The molecule has 0 spiro atoms. The summed E-state index contributed by atoms with van der Waals surface area (Å²) >= 11 is 1.42. The Morgan fingerprint density at radius 3 is 2.73 bits per heavy atom. The molecule has 0 bridgehead atoms. The second-order valence-corrected chi connectivity index (χ2v) is 6.28. The quantitative estimate of drug-likeness (QED) is 0.364. The summed E-state index contributed by atoms with van der Waals surface area (Å²) < 4.78 is 5.21. The summed E-state index contributed by atoms with van der Waals surface area (Å²) in [6.45, 7) is 3.81. The Labute approximate surface area is 130 Å². The van der Waals surface area contributed by atoms with E-state index in [4.69, 9.17) is 4.74 Å². The Morgan fingerprint density at radius 2 is 2.14 bits per heavy atom. The van der Waals surface area contributed by atoms with Gasteiger partial charge < -0.3 is 9.64 Å². The molecule has 114 valence electrons. The molecule has 2 saturated heterocycles. The highest BCUT2D eigenvalue weighted by molar-refractivity contribution is 8.04. The molecule has 0 aliphatic carbocycles. The molecule has 1 aromatic rings. The van der Waals surface area contributed by atoms with Gasteiger partial charge in [0.15, 0.2) is 6.04 Å². The summed E-state index contributed by atoms with van der Waals surface area (Å²) in [5.41, 5.74) is 0.617. The number of hydrogen-bond acceptors (Lipinski definition) is 6. The molecule has 2 heterocycles. The number of β-lactam (4-membered cyclic amide) rings is 1. The third kappa shape index (κ3) is 2.45. The maximum atomic E-state index is 12.1. The first kappa shape index (κ1) is 14.6. The zero-order chi connectivity index (χ0) is 15.9. The second-order valence-electron chi connectivity index (χ2n) is 4.98. The van der Waals surface area contributed by atoms with E-state index >= 15 is 0 Å². The van der Waals surface area contributed by atoms with Crippen molar-refractivity contribution in [3.05, 3.63) is 51.4 Å². The van der Waals surface area contributed by atoms with Gasteiger partial charge in [-0.05, 0) is 17.7 Å². The number of rotatable bonds is 4. The van der Waals surface area contributed by atoms with Crippen LogP contribution in [0.5, 0.6) is 0 Å². The first-order valence-electron chi connectivity index (χ1n) is 6.54. The van der Waals surface area contributed by atoms with Gasteiger partial charge >= 0.3 is 5.97 Å². The van der Waals surface area contributed by atoms with Crippen LogP contribution >= 0.6 is 11.8 Å². The number of fused-ring (bicyclic) bond motifs is 1. The van der Waals surface area contributed by atoms with Gasteiger partial charge in [-0.2, -0.15) is 0 Å². The summed E-state index contributed by atoms with van der Waals surface area (Å²) in [6.07, 6.45) is 0.426. The minimum absolute atomic E-state index is 0.00201. The van der Waals surface area contributed by atoms with Gasteiger partial charge in [0.05, 0.1) is 16.7 Å². The van der Waals surface area contributed by atoms with Crippen LogP contribution in [0, 0.1) is 10.1 Å². The topological polar surface area (TPSA) is 89.8 Å². The highest BCUT2D eigenvalue weighted by Crippen LogP contribution is 2.46. The lowest BCUT2D eigenvalue weighted by atomic mass is 10.1. The summed E-state index contributed by atoms with van der Waals surface area (Å²) in [5, 5.41) is 10.6. The van der Waals surface area contributed by atoms with Gasteiger partial charge in [0.25, 0.3) is 5.69 Å². The molecular weight excluding hydrogens is 308 g/mol. The number of thioether (sulfide) groups is 1. The molecule has 0 unspecified atom stereocenters. The van der Waals surface area contributed by atoms with Crippen molar-refractivity contribution in [2.45, 2.75) is 24.4 Å². The van der Waals surface area contributed by atoms with E-state index in [1.54, 1.807) is 0 Å². The van der Waals surface area contributed by atoms with Crippen molar-refractivity contribution in [1.82, 2.24) is 4.90 Å². The molecule has 2 atom stereocenters. The van der Waals surface area contributed by atoms with Gasteiger partial charge in [0, 0.05) is 17.0 Å². The smallest absolute Gasteiger partial charge is 0.334 e. The molecular formula is C14H12N2O5S. The fraction of sp³-hybridized carbons (Fsp3) is 0.286. The largest absolute Gasteiger partial charge is 0.459 e. The summed E-state index contributed by atoms with van der Waals surface area (Å²) in [4.78, 5) is 35.9. The van der Waals surface area contributed by atoms with Crippen LogP contribution < -0.4 is 0 Å². The molecule has 0 radical (unpaired) electrons. The van der Waals surface area contributed by atoms with Crippen LogP contribution in [0.15, 0.2) is 35.7 Å². The number of esters is 1. The Morgan fingerprint density at radius 1 is 1.45 bits per heavy atom. The summed E-state index contributed by atoms with van der Waals surface area (Å²) in [7, 11) is 0. The van der Waals surface area contributed by atoms with Crippen molar-refractivity contribution in [1.29, 1.82) is 0 Å². The number of nitro benzene ring substituents is 1. The van der Waals surface area contributed by atoms with Crippen LogP contribution in [0.25, 0.3) is 0 Å². The molecule has 7 nitrogen and oxygen atoms in total. The van der Waals surface area contributed by atoms with Gasteiger partial charge in [-0.25, -0.2) is 4.79 Å². The van der Waals surface area contributed by atoms with E-state index in [9.17, 15) is 19.7 Å². The van der Waals surface area contributed by atoms with Crippen LogP contribution in [-0.4, -0.2) is 33.1 Å². The SMILES string of the molecule is C=C1S[C@@H]2CC(=O)N2[C@H]1C(=O)OCc1ccc([N+](=O)[O-])cc1. The Bertz CT molecular complexity index is 672. The first-order chi connectivity index (χ1) is 10.5. The van der Waals surface area contributed by atoms with Crippen molar-refractivity contribution >= 4 is 29.3 Å². The first-order valence-corrected chi connectivity index (χ1v) is 7.42. The van der Waals surface area contributed by atoms with Gasteiger partial charge in [0.2, 0.25) is 5.91 Å². The number of non-ortho nitro benzene ring substituents is 1. The predicted octanol–water partition coefficient (Wildman–Crippen LogP) is 1.83. The average molecular weight is 320 g/mol. The molecule has 1 aromatic carbocycles. The fourth-order valence-corrected chi connectivity index (χ4v) is 3.66. The monoisotopic (exact) mass is 320 g/mol. The highest BCUT2D eigenvalue weighted by atomic mass is 32.2. The molecule has 0 aromatic heterocycles. The molecule has 22 heavy (non-hydrogen) atoms. The van der Waals surface area contributed by atoms with E-state index in [1.807, 2.05) is 0 Å². The van der Waals surface area contributed by atoms with Crippen molar-refractivity contribution in [2.24, 2.45) is 0 Å². The van der Waals surface area contributed by atoms with Crippen molar-refractivity contribution < 1.29 is 19.2 Å². The zero-order valence-corrected chi connectivity index (χ0v) is 12.2. The molecule has 1 amide bonds. The summed E-state index contributed by atoms with van der Waals surface area (Å²) in [5.74, 6) is -0.597. The van der Waals surface area contributed by atoms with Gasteiger partial charge in [0.1, 0.15) is 6.61 Å². The minimum atomic E-state index is -0.728. The molecule has 2 aliphatic rings. The molecule has 2 fully saturated rings. The fourth-order valence-electron chi connectivity index (χ4n) is 2.40. The van der Waals surface area contributed by atoms with E-state index in [1.165, 1.54) is 40.9 Å². The zero-order valence-electron chi connectivity index (χ0n) is 11.4. The van der Waals surface area contributed by atoms with E-state index < -0.39 is 16.9 Å². The Hall–Kier alpha value is -2.35. The number of carbonyl (C=O) groups is 2. The summed E-state index contributed by atoms with van der Waals surface area (Å²) in [6, 6.07) is 5.03. The highest BCUT2D eigenvalue weighted by Gasteiger charge is 2.52. The average Bonchev–Trinajstić information content (AvgIpc) is 2.76. The van der Waals surface area contributed by atoms with Crippen molar-refractivity contribution in [2.75, 3.05) is 0 Å². The van der Waals surface area contributed by atoms with E-state index in [0.717, 1.165) is 0 Å². The lowest BCUT2D eigenvalue weighted by molar-refractivity contribution is -0.384. The number of nitrogens with zero attached hydrogens (tertiary/aromatic N) is 2. The normalized spacial score (nSPS) is 23.0. The number of carbonyl (C=O) groups excluding carboxylic acids is 2. The third-order valence-corrected chi connectivity index (χ3v) is 4.76. The maximum absolute atomic E-state index is 12.1. The third-order valence-electron chi connectivity index (χ3n) is 3.57. The molecule has 0 saturated carbocycles. The van der Waals surface area contributed by atoms with Crippen LogP contribution in [0.4, 0.5) is 5.69 Å². The number of benzene rings is 1. The van der Waals surface area contributed by atoms with Crippen molar-refractivity contribution in [3.63, 3.8) is 0 Å². The second kappa shape index (κ2) is 5.45. The Kier molecular flexibility index (Phi) is 3.61. The molecule has 0 N–H and O–H groups in total. The van der Waals surface area contributed by atoms with E-state index in [2.05, 4.69) is 6.58 Å². The molecule has 8 heteroatoms. The van der Waals surface area contributed by atoms with Crippen LogP contribution in [-0.2, 0) is 20.9 Å². The van der Waals surface area contributed by atoms with E-state index in [0.29, 0.717) is 16.9 Å². The number of hydrogen-bond donors (Lipinski definition) is 0. The number of nitro groups is 1. The molecule has 3 rings (SSSR count). The van der Waals surface area contributed by atoms with Gasteiger partial charge in [-0.1, -0.05) is 6.58 Å². The van der Waals surface area contributed by atoms with Crippen molar-refractivity contribution in [3.8, 4) is 0 Å². The maximum Gasteiger partial charge on any atom is 0.334 e. The van der Waals surface area contributed by atoms with Gasteiger partial charge in [-0.3, -0.25) is 14.9 Å². The number of amides is 1. The number of ether oxygens (including phenoxy) is 1. The predicted molar refractivity (Wildman–Crippen MR) is 78.7 cm³/mol. The van der Waals surface area contributed by atoms with Crippen LogP contribution in [0.1, 0.15) is 12.0 Å². The van der Waals surface area contributed by atoms with Crippen LogP contribution in [0.3, 0.4) is 0 Å². The lowest BCUT2D eigenvalue weighted by Gasteiger charge is -2.35. The van der Waals surface area contributed by atoms with Crippen LogP contribution in [0.2, 0.25) is 0 Å².